The van der Waals surface area contributed by atoms with Crippen LogP contribution in [0.5, 0.6) is 5.75 Å². The standard InChI is InChI=1S/C16H13N3O3S/c1-21-11-5-2-4-10(8-11)14-12(9-20)19-16(17-14)23-15(18-19)13-6-3-7-22-13/h2-8,20H,9H2,1H3. The highest BCUT2D eigenvalue weighted by atomic mass is 32.1. The lowest BCUT2D eigenvalue weighted by Crippen LogP contribution is -1.96. The molecule has 3 aromatic heterocycles. The fourth-order valence-corrected chi connectivity index (χ4v) is 3.32. The Morgan fingerprint density at radius 2 is 2.22 bits per heavy atom. The Kier molecular flexibility index (Phi) is 3.36. The van der Waals surface area contributed by atoms with E-state index in [1.165, 1.54) is 11.3 Å². The summed E-state index contributed by atoms with van der Waals surface area (Å²) in [7, 11) is 1.62. The van der Waals surface area contributed by atoms with Crippen LogP contribution in [0.3, 0.4) is 0 Å². The van der Waals surface area contributed by atoms with E-state index in [4.69, 9.17) is 9.15 Å². The first kappa shape index (κ1) is 14.0. The SMILES string of the molecule is COc1cccc(-c2nc3sc(-c4ccco4)nn3c2CO)c1. The van der Waals surface area contributed by atoms with E-state index >= 15 is 0 Å². The molecule has 4 rings (SSSR count). The summed E-state index contributed by atoms with van der Waals surface area (Å²) < 4.78 is 12.3. The molecule has 0 amide bonds. The Hall–Kier alpha value is -2.64. The van der Waals surface area contributed by atoms with Crippen LogP contribution in [0.4, 0.5) is 0 Å². The first-order valence-corrected chi connectivity index (χ1v) is 7.79. The lowest BCUT2D eigenvalue weighted by Gasteiger charge is -2.03. The predicted octanol–water partition coefficient (Wildman–Crippen LogP) is 3.22. The van der Waals surface area contributed by atoms with Gasteiger partial charge in [0.15, 0.2) is 10.8 Å². The number of hydrogen-bond donors (Lipinski definition) is 1. The summed E-state index contributed by atoms with van der Waals surface area (Å²) >= 11 is 1.41. The summed E-state index contributed by atoms with van der Waals surface area (Å²) in [5, 5.41) is 15.0. The van der Waals surface area contributed by atoms with Gasteiger partial charge in [-0.25, -0.2) is 9.50 Å². The molecular weight excluding hydrogens is 314 g/mol. The van der Waals surface area contributed by atoms with E-state index in [0.717, 1.165) is 16.3 Å². The number of rotatable bonds is 4. The Bertz CT molecular complexity index is 956. The van der Waals surface area contributed by atoms with Gasteiger partial charge in [-0.05, 0) is 24.3 Å². The minimum Gasteiger partial charge on any atom is -0.497 e. The van der Waals surface area contributed by atoms with Gasteiger partial charge in [0, 0.05) is 5.56 Å². The van der Waals surface area contributed by atoms with Gasteiger partial charge in [0.2, 0.25) is 4.96 Å². The molecule has 0 saturated heterocycles. The zero-order valence-corrected chi connectivity index (χ0v) is 13.1. The fraction of sp³-hybridized carbons (Fsp3) is 0.125. The second-order valence-electron chi connectivity index (χ2n) is 4.88. The molecule has 23 heavy (non-hydrogen) atoms. The normalized spacial score (nSPS) is 11.2. The van der Waals surface area contributed by atoms with Gasteiger partial charge in [0.25, 0.3) is 0 Å². The summed E-state index contributed by atoms with van der Waals surface area (Å²) in [5.74, 6) is 1.43. The molecule has 0 aliphatic carbocycles. The Labute approximate surface area is 135 Å². The number of aliphatic hydroxyl groups is 1. The van der Waals surface area contributed by atoms with Gasteiger partial charge in [-0.2, -0.15) is 5.10 Å². The first-order valence-electron chi connectivity index (χ1n) is 6.97. The molecule has 0 spiro atoms. The van der Waals surface area contributed by atoms with Crippen molar-refractivity contribution in [1.82, 2.24) is 14.6 Å². The van der Waals surface area contributed by atoms with Crippen molar-refractivity contribution < 1.29 is 14.3 Å². The van der Waals surface area contributed by atoms with Gasteiger partial charge in [0.1, 0.15) is 5.75 Å². The number of ether oxygens (including phenoxy) is 1. The minimum atomic E-state index is -0.158. The van der Waals surface area contributed by atoms with Crippen LogP contribution in [-0.2, 0) is 6.61 Å². The summed E-state index contributed by atoms with van der Waals surface area (Å²) in [5.41, 5.74) is 2.23. The first-order chi connectivity index (χ1) is 11.3. The number of methoxy groups -OCH3 is 1. The summed E-state index contributed by atoms with van der Waals surface area (Å²) in [6.07, 6.45) is 1.61. The monoisotopic (exact) mass is 327 g/mol. The largest absolute Gasteiger partial charge is 0.497 e. The lowest BCUT2D eigenvalue weighted by atomic mass is 10.1. The van der Waals surface area contributed by atoms with Crippen LogP contribution in [0.2, 0.25) is 0 Å². The molecule has 7 heteroatoms. The Morgan fingerprint density at radius 1 is 1.30 bits per heavy atom. The average molecular weight is 327 g/mol. The molecule has 0 fully saturated rings. The van der Waals surface area contributed by atoms with E-state index in [1.807, 2.05) is 36.4 Å². The molecule has 6 nitrogen and oxygen atoms in total. The number of nitrogens with zero attached hydrogens (tertiary/aromatic N) is 3. The van der Waals surface area contributed by atoms with Gasteiger partial charge < -0.3 is 14.3 Å². The molecule has 0 radical (unpaired) electrons. The highest BCUT2D eigenvalue weighted by Gasteiger charge is 2.19. The van der Waals surface area contributed by atoms with Crippen molar-refractivity contribution in [3.05, 3.63) is 48.4 Å². The van der Waals surface area contributed by atoms with Crippen LogP contribution in [0, 0.1) is 0 Å². The van der Waals surface area contributed by atoms with E-state index in [9.17, 15) is 5.11 Å². The molecular formula is C16H13N3O3S. The van der Waals surface area contributed by atoms with Crippen LogP contribution >= 0.6 is 11.3 Å². The minimum absolute atomic E-state index is 0.158. The van der Waals surface area contributed by atoms with Crippen molar-refractivity contribution in [3.63, 3.8) is 0 Å². The topological polar surface area (TPSA) is 72.8 Å². The summed E-state index contributed by atoms with van der Waals surface area (Å²) in [6.45, 7) is -0.158. The number of aromatic nitrogens is 3. The summed E-state index contributed by atoms with van der Waals surface area (Å²) in [4.78, 5) is 5.33. The zero-order valence-electron chi connectivity index (χ0n) is 12.3. The molecule has 1 N–H and O–H groups in total. The van der Waals surface area contributed by atoms with Crippen LogP contribution in [-0.4, -0.2) is 26.8 Å². The van der Waals surface area contributed by atoms with E-state index < -0.39 is 0 Å². The molecule has 0 unspecified atom stereocenters. The van der Waals surface area contributed by atoms with Gasteiger partial charge >= 0.3 is 0 Å². The van der Waals surface area contributed by atoms with Crippen molar-refractivity contribution in [2.75, 3.05) is 7.11 Å². The van der Waals surface area contributed by atoms with Crippen LogP contribution in [0.15, 0.2) is 47.1 Å². The van der Waals surface area contributed by atoms with Crippen molar-refractivity contribution >= 4 is 16.3 Å². The molecule has 1 aromatic carbocycles. The maximum atomic E-state index is 9.78. The second-order valence-corrected chi connectivity index (χ2v) is 5.83. The number of hydrogen-bond acceptors (Lipinski definition) is 6. The Balaban J connectivity index is 1.86. The third-order valence-electron chi connectivity index (χ3n) is 3.52. The van der Waals surface area contributed by atoms with Crippen molar-refractivity contribution in [3.8, 4) is 27.8 Å². The quantitative estimate of drug-likeness (QED) is 0.623. The Morgan fingerprint density at radius 3 is 2.96 bits per heavy atom. The maximum absolute atomic E-state index is 9.78. The molecule has 0 aliphatic rings. The van der Waals surface area contributed by atoms with Crippen molar-refractivity contribution in [2.45, 2.75) is 6.61 Å². The van der Waals surface area contributed by atoms with E-state index in [0.29, 0.717) is 22.1 Å². The average Bonchev–Trinajstić information content (AvgIpc) is 3.29. The third-order valence-corrected chi connectivity index (χ3v) is 4.44. The second kappa shape index (κ2) is 5.53. The molecule has 0 atom stereocenters. The van der Waals surface area contributed by atoms with Crippen molar-refractivity contribution in [1.29, 1.82) is 0 Å². The van der Waals surface area contributed by atoms with Crippen LogP contribution < -0.4 is 4.74 Å². The predicted molar refractivity (Wildman–Crippen MR) is 86.5 cm³/mol. The van der Waals surface area contributed by atoms with Gasteiger partial charge in [-0.3, -0.25) is 0 Å². The maximum Gasteiger partial charge on any atom is 0.213 e. The molecule has 4 aromatic rings. The summed E-state index contributed by atoms with van der Waals surface area (Å²) in [6, 6.07) is 11.2. The van der Waals surface area contributed by atoms with Gasteiger partial charge in [0.05, 0.1) is 31.4 Å². The number of aliphatic hydroxyl groups excluding tert-OH is 1. The molecule has 3 heterocycles. The highest BCUT2D eigenvalue weighted by Crippen LogP contribution is 2.32. The molecule has 0 aliphatic heterocycles. The number of imidazole rings is 1. The smallest absolute Gasteiger partial charge is 0.213 e. The van der Waals surface area contributed by atoms with Gasteiger partial charge in [-0.15, -0.1) is 0 Å². The van der Waals surface area contributed by atoms with E-state index in [1.54, 1.807) is 17.9 Å². The van der Waals surface area contributed by atoms with E-state index in [-0.39, 0.29) is 6.61 Å². The zero-order chi connectivity index (χ0) is 15.8. The molecule has 0 bridgehead atoms. The van der Waals surface area contributed by atoms with Crippen LogP contribution in [0.25, 0.3) is 27.0 Å². The highest BCUT2D eigenvalue weighted by molar-refractivity contribution is 7.19. The third kappa shape index (κ3) is 2.30. The van der Waals surface area contributed by atoms with Crippen molar-refractivity contribution in [2.24, 2.45) is 0 Å². The molecule has 116 valence electrons. The number of benzene rings is 1. The van der Waals surface area contributed by atoms with E-state index in [2.05, 4.69) is 10.1 Å². The van der Waals surface area contributed by atoms with Crippen LogP contribution in [0.1, 0.15) is 5.69 Å². The lowest BCUT2D eigenvalue weighted by molar-refractivity contribution is 0.275. The number of fused-ring (bicyclic) bond motifs is 1. The van der Waals surface area contributed by atoms with Gasteiger partial charge in [-0.1, -0.05) is 23.5 Å². The molecule has 0 saturated carbocycles. The fourth-order valence-electron chi connectivity index (χ4n) is 2.43. The number of furan rings is 1.